The van der Waals surface area contributed by atoms with Crippen molar-refractivity contribution >= 4 is 17.7 Å². The van der Waals surface area contributed by atoms with Crippen LogP contribution >= 0.6 is 0 Å². The molecule has 0 fully saturated rings. The van der Waals surface area contributed by atoms with Gasteiger partial charge < -0.3 is 9.88 Å². The van der Waals surface area contributed by atoms with Crippen LogP contribution in [0.1, 0.15) is 36.7 Å². The number of hydrogen-bond acceptors (Lipinski definition) is 2. The van der Waals surface area contributed by atoms with Crippen LogP contribution in [-0.2, 0) is 11.3 Å². The van der Waals surface area contributed by atoms with Gasteiger partial charge in [-0.25, -0.2) is 9.37 Å². The predicted molar refractivity (Wildman–Crippen MR) is 106 cm³/mol. The van der Waals surface area contributed by atoms with Crippen LogP contribution in [0.2, 0.25) is 0 Å². The zero-order valence-corrected chi connectivity index (χ0v) is 15.4. The number of rotatable bonds is 6. The van der Waals surface area contributed by atoms with Gasteiger partial charge >= 0.3 is 0 Å². The molecule has 1 N–H and O–H groups in total. The smallest absolute Gasteiger partial charge is 0.248 e. The molecule has 0 aliphatic rings. The van der Waals surface area contributed by atoms with E-state index in [9.17, 15) is 9.18 Å². The van der Waals surface area contributed by atoms with Crippen molar-refractivity contribution in [3.05, 3.63) is 89.8 Å². The van der Waals surface area contributed by atoms with E-state index in [1.54, 1.807) is 24.4 Å². The summed E-state index contributed by atoms with van der Waals surface area (Å²) in [6.07, 6.45) is 6.75. The molecule has 27 heavy (non-hydrogen) atoms. The maximum absolute atomic E-state index is 13.2. The minimum atomic E-state index is -0.328. The molecular weight excluding hydrogens is 341 g/mol. The molecule has 2 aromatic carbocycles. The Hall–Kier alpha value is -3.21. The molecule has 3 aromatic rings. The first-order valence-electron chi connectivity index (χ1n) is 8.86. The topological polar surface area (TPSA) is 46.9 Å². The molecule has 0 atom stereocenters. The molecule has 0 bridgehead atoms. The molecule has 1 heterocycles. The Labute approximate surface area is 158 Å². The number of anilines is 1. The third-order valence-electron chi connectivity index (χ3n) is 4.09. The Morgan fingerprint density at radius 2 is 2.04 bits per heavy atom. The number of imidazole rings is 1. The summed E-state index contributed by atoms with van der Waals surface area (Å²) >= 11 is 0. The summed E-state index contributed by atoms with van der Waals surface area (Å²) in [5.41, 5.74) is 2.43. The number of amides is 1. The molecule has 0 saturated carbocycles. The Balaban J connectivity index is 1.66. The lowest BCUT2D eigenvalue weighted by atomic mass is 10.1. The SMILES string of the molecule is CC(C)c1nccn1Cc1cccc(NC(=O)/C=C/c2cccc(F)c2)c1. The predicted octanol–water partition coefficient (Wildman–Crippen LogP) is 4.85. The second-order valence-electron chi connectivity index (χ2n) is 6.65. The van der Waals surface area contributed by atoms with Crippen LogP contribution < -0.4 is 5.32 Å². The normalized spacial score (nSPS) is 11.3. The van der Waals surface area contributed by atoms with Crippen molar-refractivity contribution in [2.75, 3.05) is 5.32 Å². The maximum Gasteiger partial charge on any atom is 0.248 e. The number of benzene rings is 2. The summed E-state index contributed by atoms with van der Waals surface area (Å²) in [4.78, 5) is 16.5. The van der Waals surface area contributed by atoms with E-state index < -0.39 is 0 Å². The Bertz CT molecular complexity index is 959. The van der Waals surface area contributed by atoms with Crippen molar-refractivity contribution in [3.63, 3.8) is 0 Å². The number of nitrogens with zero attached hydrogens (tertiary/aromatic N) is 2. The zero-order chi connectivity index (χ0) is 19.2. The van der Waals surface area contributed by atoms with Crippen LogP contribution in [0.25, 0.3) is 6.08 Å². The van der Waals surface area contributed by atoms with Crippen LogP contribution in [0.4, 0.5) is 10.1 Å². The van der Waals surface area contributed by atoms with Gasteiger partial charge in [0.05, 0.1) is 0 Å². The highest BCUT2D eigenvalue weighted by Crippen LogP contribution is 2.16. The van der Waals surface area contributed by atoms with Gasteiger partial charge in [-0.05, 0) is 41.5 Å². The standard InChI is InChI=1S/C22H22FN3O/c1-16(2)22-24-11-12-26(22)15-18-6-4-8-20(14-18)25-21(27)10-9-17-5-3-7-19(23)13-17/h3-14,16H,15H2,1-2H3,(H,25,27)/b10-9+. The van der Waals surface area contributed by atoms with Crippen molar-refractivity contribution in [1.29, 1.82) is 0 Å². The van der Waals surface area contributed by atoms with Crippen LogP contribution in [0.5, 0.6) is 0 Å². The lowest BCUT2D eigenvalue weighted by Gasteiger charge is -2.11. The molecule has 3 rings (SSSR count). The fraction of sp³-hybridized carbons (Fsp3) is 0.182. The van der Waals surface area contributed by atoms with Gasteiger partial charge in [-0.1, -0.05) is 38.1 Å². The van der Waals surface area contributed by atoms with Crippen LogP contribution in [0, 0.1) is 5.82 Å². The Morgan fingerprint density at radius 1 is 1.22 bits per heavy atom. The molecule has 1 aromatic heterocycles. The summed E-state index contributed by atoms with van der Waals surface area (Å²) in [7, 11) is 0. The van der Waals surface area contributed by atoms with Crippen molar-refractivity contribution in [3.8, 4) is 0 Å². The average molecular weight is 363 g/mol. The van der Waals surface area contributed by atoms with E-state index >= 15 is 0 Å². The molecule has 138 valence electrons. The summed E-state index contributed by atoms with van der Waals surface area (Å²) < 4.78 is 15.3. The number of halogens is 1. The quantitative estimate of drug-likeness (QED) is 0.637. The first-order valence-corrected chi connectivity index (χ1v) is 8.86. The van der Waals surface area contributed by atoms with Crippen LogP contribution in [-0.4, -0.2) is 15.5 Å². The lowest BCUT2D eigenvalue weighted by molar-refractivity contribution is -0.111. The van der Waals surface area contributed by atoms with Gasteiger partial charge in [0.25, 0.3) is 0 Å². The minimum absolute atomic E-state index is 0.262. The summed E-state index contributed by atoms with van der Waals surface area (Å²) in [5.74, 6) is 0.783. The van der Waals surface area contributed by atoms with Gasteiger partial charge in [0.1, 0.15) is 11.6 Å². The molecule has 0 saturated heterocycles. The largest absolute Gasteiger partial charge is 0.330 e. The molecule has 0 unspecified atom stereocenters. The molecule has 0 aliphatic heterocycles. The summed E-state index contributed by atoms with van der Waals surface area (Å²) in [6.45, 7) is 4.91. The highest BCUT2D eigenvalue weighted by atomic mass is 19.1. The molecule has 5 heteroatoms. The van der Waals surface area contributed by atoms with Crippen molar-refractivity contribution in [2.45, 2.75) is 26.3 Å². The van der Waals surface area contributed by atoms with Gasteiger partial charge in [-0.3, -0.25) is 4.79 Å². The number of carbonyl (C=O) groups excluding carboxylic acids is 1. The van der Waals surface area contributed by atoms with E-state index in [1.165, 1.54) is 18.2 Å². The third kappa shape index (κ3) is 5.14. The lowest BCUT2D eigenvalue weighted by Crippen LogP contribution is -2.09. The number of carbonyl (C=O) groups is 1. The summed E-state index contributed by atoms with van der Waals surface area (Å²) in [6, 6.07) is 13.8. The number of aromatic nitrogens is 2. The first kappa shape index (κ1) is 18.6. The van der Waals surface area contributed by atoms with Gasteiger partial charge in [-0.15, -0.1) is 0 Å². The van der Waals surface area contributed by atoms with E-state index in [2.05, 4.69) is 28.7 Å². The molecule has 0 spiro atoms. The van der Waals surface area contributed by atoms with Gasteiger partial charge in [0.15, 0.2) is 0 Å². The molecule has 0 aliphatic carbocycles. The second kappa shape index (κ2) is 8.45. The maximum atomic E-state index is 13.2. The molecule has 0 radical (unpaired) electrons. The van der Waals surface area contributed by atoms with E-state index in [0.717, 1.165) is 11.4 Å². The van der Waals surface area contributed by atoms with E-state index in [-0.39, 0.29) is 11.7 Å². The first-order chi connectivity index (χ1) is 13.0. The Morgan fingerprint density at radius 3 is 2.81 bits per heavy atom. The molecule has 4 nitrogen and oxygen atoms in total. The van der Waals surface area contributed by atoms with Crippen LogP contribution in [0.15, 0.2) is 67.0 Å². The highest BCUT2D eigenvalue weighted by molar-refractivity contribution is 6.01. The Kier molecular flexibility index (Phi) is 5.81. The van der Waals surface area contributed by atoms with Gasteiger partial charge in [-0.2, -0.15) is 0 Å². The minimum Gasteiger partial charge on any atom is -0.330 e. The van der Waals surface area contributed by atoms with Crippen LogP contribution in [0.3, 0.4) is 0 Å². The molecule has 1 amide bonds. The van der Waals surface area contributed by atoms with Gasteiger partial charge in [0.2, 0.25) is 5.91 Å². The van der Waals surface area contributed by atoms with Crippen molar-refractivity contribution < 1.29 is 9.18 Å². The average Bonchev–Trinajstić information content (AvgIpc) is 3.09. The zero-order valence-electron chi connectivity index (χ0n) is 15.4. The van der Waals surface area contributed by atoms with Crippen molar-refractivity contribution in [2.24, 2.45) is 0 Å². The number of hydrogen-bond donors (Lipinski definition) is 1. The monoisotopic (exact) mass is 363 g/mol. The van der Waals surface area contributed by atoms with E-state index in [4.69, 9.17) is 0 Å². The van der Waals surface area contributed by atoms with E-state index in [1.807, 2.05) is 30.5 Å². The molecular formula is C22H22FN3O. The highest BCUT2D eigenvalue weighted by Gasteiger charge is 2.08. The fourth-order valence-corrected chi connectivity index (χ4v) is 2.87. The van der Waals surface area contributed by atoms with Crippen molar-refractivity contribution in [1.82, 2.24) is 9.55 Å². The number of nitrogens with one attached hydrogen (secondary N) is 1. The third-order valence-corrected chi connectivity index (χ3v) is 4.09. The fourth-order valence-electron chi connectivity index (χ4n) is 2.87. The summed E-state index contributed by atoms with van der Waals surface area (Å²) in [5, 5.41) is 2.84. The second-order valence-corrected chi connectivity index (χ2v) is 6.65. The van der Waals surface area contributed by atoms with Gasteiger partial charge in [0, 0.05) is 36.6 Å². The van der Waals surface area contributed by atoms with E-state index in [0.29, 0.717) is 23.7 Å².